The fraction of sp³-hybridized carbons (Fsp3) is 0.433. The molecule has 0 spiro atoms. The highest BCUT2D eigenvalue weighted by molar-refractivity contribution is 7.23. The van der Waals surface area contributed by atoms with Gasteiger partial charge in [0, 0.05) is 91.9 Å². The normalized spacial score (nSPS) is 19.4. The third-order valence-electron chi connectivity index (χ3n) is 16.4. The van der Waals surface area contributed by atoms with Crippen molar-refractivity contribution in [3.63, 3.8) is 0 Å². The van der Waals surface area contributed by atoms with Crippen LogP contribution in [0, 0.1) is 46.3 Å². The molecule has 0 saturated carbocycles. The Balaban J connectivity index is 0.000000340. The largest absolute Gasteiger partial charge is 0.472 e. The molecule has 4 fully saturated rings. The van der Waals surface area contributed by atoms with Crippen molar-refractivity contribution in [2.24, 2.45) is 5.92 Å². The zero-order valence-electron chi connectivity index (χ0n) is 46.8. The first-order valence-electron chi connectivity index (χ1n) is 28.0. The quantitative estimate of drug-likeness (QED) is 0.0613. The highest BCUT2D eigenvalue weighted by Gasteiger charge is 2.42. The molecule has 11 rings (SSSR count). The zero-order chi connectivity index (χ0) is 60.6. The van der Waals surface area contributed by atoms with Crippen LogP contribution in [0.5, 0.6) is 11.9 Å². The van der Waals surface area contributed by atoms with E-state index < -0.39 is 63.5 Å². The number of piperidine rings is 1. The van der Waals surface area contributed by atoms with Crippen LogP contribution in [0.15, 0.2) is 65.2 Å². The number of benzene rings is 4. The lowest BCUT2D eigenvalue weighted by atomic mass is 9.91. The second-order valence-corrected chi connectivity index (χ2v) is 23.5. The number of nitrogens with zero attached hydrogens (tertiary/aromatic N) is 7. The van der Waals surface area contributed by atoms with Crippen LogP contribution < -0.4 is 30.7 Å². The zero-order valence-corrected chi connectivity index (χ0v) is 47.6. The number of nitrogens with one attached hydrogen (secondary N) is 2. The van der Waals surface area contributed by atoms with Crippen LogP contribution in [0.3, 0.4) is 0 Å². The van der Waals surface area contributed by atoms with Crippen LogP contribution in [-0.2, 0) is 15.8 Å². The molecule has 85 heavy (non-hydrogen) atoms. The molecular formula is C60H61F9N10O5S. The molecule has 0 aliphatic carbocycles. The van der Waals surface area contributed by atoms with E-state index in [0.29, 0.717) is 80.5 Å². The molecule has 15 nitrogen and oxygen atoms in total. The number of ether oxygens (including phenoxy) is 2. The predicted octanol–water partition coefficient (Wildman–Crippen LogP) is 11.8. The first-order valence-corrected chi connectivity index (χ1v) is 28.8. The molecule has 3 aromatic heterocycles. The third-order valence-corrected chi connectivity index (χ3v) is 17.4. The van der Waals surface area contributed by atoms with Gasteiger partial charge in [0.2, 0.25) is 12.3 Å². The molecule has 4 aliphatic rings. The van der Waals surface area contributed by atoms with E-state index in [4.69, 9.17) is 19.7 Å². The molecule has 0 radical (unpaired) electrons. The Morgan fingerprint density at radius 3 is 2.26 bits per heavy atom. The van der Waals surface area contributed by atoms with Crippen LogP contribution in [0.4, 0.5) is 50.3 Å². The van der Waals surface area contributed by atoms with Gasteiger partial charge in [0.25, 0.3) is 5.88 Å². The average molecular weight is 1210 g/mol. The topological polar surface area (TPSA) is 188 Å². The molecule has 4 aromatic carbocycles. The van der Waals surface area contributed by atoms with E-state index in [-0.39, 0.29) is 117 Å². The number of nitriles is 1. The average Bonchev–Trinajstić information content (AvgIpc) is 1.89. The Bertz CT molecular complexity index is 3630. The highest BCUT2D eigenvalue weighted by Crippen LogP contribution is 2.48. The number of nitrogen functional groups attached to an aromatic ring is 1. The van der Waals surface area contributed by atoms with Crippen LogP contribution in [0.25, 0.3) is 43.2 Å². The van der Waals surface area contributed by atoms with Crippen molar-refractivity contribution in [2.75, 3.05) is 63.1 Å². The predicted molar refractivity (Wildman–Crippen MR) is 301 cm³/mol. The summed E-state index contributed by atoms with van der Waals surface area (Å²) in [5, 5.41) is 19.4. The van der Waals surface area contributed by atoms with E-state index in [1.807, 2.05) is 41.5 Å². The molecule has 7 heterocycles. The summed E-state index contributed by atoms with van der Waals surface area (Å²) in [5.41, 5.74) is 1.86. The lowest BCUT2D eigenvalue weighted by molar-refractivity contribution is -0.137. The molecule has 2 bridgehead atoms. The summed E-state index contributed by atoms with van der Waals surface area (Å²) >= 11 is 0.691. The summed E-state index contributed by atoms with van der Waals surface area (Å²) in [6.07, 6.45) is -0.627. The Morgan fingerprint density at radius 2 is 1.64 bits per heavy atom. The summed E-state index contributed by atoms with van der Waals surface area (Å²) < 4.78 is 151. The van der Waals surface area contributed by atoms with Crippen molar-refractivity contribution in [3.8, 4) is 40.2 Å². The minimum atomic E-state index is -5.09. The molecule has 4 saturated heterocycles. The van der Waals surface area contributed by atoms with Gasteiger partial charge in [0.05, 0.1) is 27.4 Å². The number of carbonyl (C=O) groups excluding carboxylic acids is 2. The van der Waals surface area contributed by atoms with Gasteiger partial charge in [0.15, 0.2) is 11.6 Å². The fourth-order valence-electron chi connectivity index (χ4n) is 11.9. The van der Waals surface area contributed by atoms with Crippen molar-refractivity contribution in [1.29, 1.82) is 5.26 Å². The molecule has 25 heteroatoms. The monoisotopic (exact) mass is 1200 g/mol. The van der Waals surface area contributed by atoms with Gasteiger partial charge < -0.3 is 40.2 Å². The number of alkyl halides is 4. The molecule has 4 N–H and O–H groups in total. The Labute approximate surface area is 487 Å². The van der Waals surface area contributed by atoms with E-state index in [1.165, 1.54) is 12.1 Å². The molecule has 5 atom stereocenters. The van der Waals surface area contributed by atoms with Gasteiger partial charge in [-0.1, -0.05) is 44.2 Å². The number of hydrogen-bond donors (Lipinski definition) is 3. The number of fused-ring (bicyclic) bond motifs is 4. The number of likely N-dealkylation sites (tertiary alicyclic amines) is 2. The summed E-state index contributed by atoms with van der Waals surface area (Å²) in [5.74, 6) is -5.06. The number of hydrogen-bond acceptors (Lipinski definition) is 14. The lowest BCUT2D eigenvalue weighted by Gasteiger charge is -2.35. The van der Waals surface area contributed by atoms with Crippen LogP contribution in [-0.4, -0.2) is 114 Å². The van der Waals surface area contributed by atoms with Crippen molar-refractivity contribution in [1.82, 2.24) is 35.6 Å². The fourth-order valence-corrected chi connectivity index (χ4v) is 12.8. The van der Waals surface area contributed by atoms with Gasteiger partial charge in [0.1, 0.15) is 70.5 Å². The second-order valence-electron chi connectivity index (χ2n) is 22.4. The van der Waals surface area contributed by atoms with Crippen molar-refractivity contribution in [2.45, 2.75) is 108 Å². The minimum Gasteiger partial charge on any atom is -0.472 e. The number of rotatable bonds is 16. The first-order chi connectivity index (χ1) is 40.5. The van der Waals surface area contributed by atoms with Gasteiger partial charge in [-0.05, 0) is 92.3 Å². The maximum atomic E-state index is 17.2. The van der Waals surface area contributed by atoms with Crippen molar-refractivity contribution < 1.29 is 63.1 Å². The maximum absolute atomic E-state index is 17.2. The van der Waals surface area contributed by atoms with Gasteiger partial charge in [-0.25, -0.2) is 26.3 Å². The Hall–Kier alpha value is -7.69. The van der Waals surface area contributed by atoms with Gasteiger partial charge in [-0.2, -0.15) is 28.4 Å². The van der Waals surface area contributed by atoms with E-state index in [2.05, 4.69) is 25.8 Å². The van der Waals surface area contributed by atoms with E-state index in [1.54, 1.807) is 25.1 Å². The molecule has 4 aliphatic heterocycles. The van der Waals surface area contributed by atoms with Crippen LogP contribution in [0.1, 0.15) is 101 Å². The molecule has 2 amide bonds. The molecule has 450 valence electrons. The number of carbonyl (C=O) groups is 2. The van der Waals surface area contributed by atoms with E-state index >= 15 is 26.3 Å². The highest BCUT2D eigenvalue weighted by atomic mass is 32.1. The number of anilines is 2. The Morgan fingerprint density at radius 1 is 0.941 bits per heavy atom. The molecular weight excluding hydrogens is 1140 g/mol. The molecule has 7 aromatic rings. The summed E-state index contributed by atoms with van der Waals surface area (Å²) in [7, 11) is 0. The van der Waals surface area contributed by atoms with E-state index in [9.17, 15) is 28.0 Å². The SMILES string of the molecule is CC(C)C(C(=O)N1CCCC1C)c1cc(OCC2(F)CCN(CCOc3nc(N4CC5CCC(C4)N5)c4cc(C(F)(F)F)c(-c5ccc(F)c6sc(N)c(C#N)c56)c(F)c4n3)CC2)no1.CC(NC=O)c1ccc(-c2c(F)cc(F)cc2F)cc1. The number of thiophene rings is 1. The maximum Gasteiger partial charge on any atom is 0.417 e. The van der Waals surface area contributed by atoms with Gasteiger partial charge in [-0.3, -0.25) is 14.5 Å². The van der Waals surface area contributed by atoms with Crippen LogP contribution >= 0.6 is 11.3 Å². The van der Waals surface area contributed by atoms with Crippen molar-refractivity contribution >= 4 is 55.5 Å². The van der Waals surface area contributed by atoms with Gasteiger partial charge >= 0.3 is 12.2 Å². The van der Waals surface area contributed by atoms with Crippen LogP contribution in [0.2, 0.25) is 0 Å². The number of aromatic nitrogens is 3. The number of amides is 2. The minimum absolute atomic E-state index is 0.00535. The van der Waals surface area contributed by atoms with Gasteiger partial charge in [-0.15, -0.1) is 11.3 Å². The van der Waals surface area contributed by atoms with Crippen molar-refractivity contribution in [3.05, 3.63) is 112 Å². The lowest BCUT2D eigenvalue weighted by Crippen LogP contribution is -2.51. The summed E-state index contributed by atoms with van der Waals surface area (Å²) in [4.78, 5) is 38.4. The summed E-state index contributed by atoms with van der Waals surface area (Å²) in [6, 6.07) is 13.6. The Kier molecular flexibility index (Phi) is 17.6. The second kappa shape index (κ2) is 24.7. The van der Waals surface area contributed by atoms with E-state index in [0.717, 1.165) is 49.4 Å². The smallest absolute Gasteiger partial charge is 0.417 e. The molecule has 5 unspecified atom stereocenters. The summed E-state index contributed by atoms with van der Waals surface area (Å²) in [6.45, 7) is 9.94. The number of nitrogens with two attached hydrogens (primary N) is 1. The number of halogens is 9. The number of piperazine rings is 1. The first kappa shape index (κ1) is 60.4. The standard InChI is InChI=1S/C45H49F6N9O4S.C15H12F3NO/c1-23(2)34(42(61)60-12-4-5-24(60)3)32-18-33(57-64-32)63-22-44(48)10-13-58(14-11-44)15-16-62-43-55-38-28(41(56-43)59-20-25-6-7-26(21-59)54-25)17-30(45(49,50)51)36(37(38)47)27-8-9-31(46)39-35(27)29(19-52)40(53)65-39;1-9(19-8-20)10-2-4-11(5-3-10)15-13(17)6-12(16)7-14(15)18/h8-9,17-18,23-26,34,54H,4-7,10-16,20-22,53H2,1-3H3;2-9H,1H3,(H,19,20). The third kappa shape index (κ3) is 12.7.